The van der Waals surface area contributed by atoms with Gasteiger partial charge in [0, 0.05) is 33.2 Å². The van der Waals surface area contributed by atoms with Crippen molar-refractivity contribution in [3.8, 4) is 0 Å². The maximum Gasteiger partial charge on any atom is 0.0723 e. The van der Waals surface area contributed by atoms with Gasteiger partial charge in [0.1, 0.15) is 0 Å². The van der Waals surface area contributed by atoms with Crippen LogP contribution in [0.25, 0.3) is 0 Å². The molecule has 1 aromatic rings. The molecule has 0 fully saturated rings. The molecule has 0 radical (unpaired) electrons. The normalized spacial score (nSPS) is 19.2. The van der Waals surface area contributed by atoms with E-state index in [1.807, 2.05) is 6.07 Å². The van der Waals surface area contributed by atoms with Gasteiger partial charge in [-0.25, -0.2) is 0 Å². The topological polar surface area (TPSA) is 24.4 Å². The molecule has 1 heterocycles. The van der Waals surface area contributed by atoms with Crippen molar-refractivity contribution < 1.29 is 21.1 Å². The molecule has 19 heavy (non-hydrogen) atoms. The molecule has 98 valence electrons. The SMILES string of the molecule is C=C1C[C-](C)CC2=C1CC(c1ccccc1)=NN2.[W]. The number of benzene rings is 1. The maximum atomic E-state index is 4.51. The summed E-state index contributed by atoms with van der Waals surface area (Å²) >= 11 is 0. The van der Waals surface area contributed by atoms with Gasteiger partial charge in [-0.1, -0.05) is 42.5 Å². The average Bonchev–Trinajstić information content (AvgIpc) is 2.39. The molecule has 1 aromatic carbocycles. The van der Waals surface area contributed by atoms with Crippen LogP contribution in [0.2, 0.25) is 0 Å². The average molecular weight is 421 g/mol. The molecule has 0 bridgehead atoms. The summed E-state index contributed by atoms with van der Waals surface area (Å²) in [5.74, 6) is 1.46. The summed E-state index contributed by atoms with van der Waals surface area (Å²) in [6.07, 6.45) is 2.95. The molecular weight excluding hydrogens is 404 g/mol. The van der Waals surface area contributed by atoms with Gasteiger partial charge in [-0.3, -0.25) is 5.43 Å². The molecule has 0 aromatic heterocycles. The van der Waals surface area contributed by atoms with E-state index in [2.05, 4.69) is 48.3 Å². The number of nitrogens with zero attached hydrogens (tertiary/aromatic N) is 1. The van der Waals surface area contributed by atoms with E-state index in [1.165, 1.54) is 28.3 Å². The smallest absolute Gasteiger partial charge is 0.0723 e. The molecule has 1 N–H and O–H groups in total. The molecule has 0 saturated heterocycles. The summed E-state index contributed by atoms with van der Waals surface area (Å²) < 4.78 is 0. The third-order valence-electron chi connectivity index (χ3n) is 3.56. The van der Waals surface area contributed by atoms with Crippen LogP contribution >= 0.6 is 0 Å². The zero-order valence-electron chi connectivity index (χ0n) is 11.1. The molecule has 0 saturated carbocycles. The first-order valence-corrected chi connectivity index (χ1v) is 6.33. The molecule has 0 amide bonds. The van der Waals surface area contributed by atoms with Crippen molar-refractivity contribution >= 4 is 5.71 Å². The van der Waals surface area contributed by atoms with Crippen LogP contribution in [0, 0.1) is 5.92 Å². The second kappa shape index (κ2) is 5.88. The Kier molecular flexibility index (Phi) is 4.41. The van der Waals surface area contributed by atoms with Crippen molar-refractivity contribution in [2.45, 2.75) is 26.2 Å². The number of hydrazone groups is 1. The molecule has 3 heteroatoms. The second-order valence-corrected chi connectivity index (χ2v) is 5.08. The van der Waals surface area contributed by atoms with Gasteiger partial charge in [0.2, 0.25) is 0 Å². The fraction of sp³-hybridized carbons (Fsp3) is 0.250. The standard InChI is InChI=1S/C16H17N2.W/c1-11-8-12(2)14-10-15(17-18-16(14)9-11)13-6-4-3-5-7-13;/h3-7,18H,2,8-10H2,1H3;/q-1;. The van der Waals surface area contributed by atoms with Gasteiger partial charge in [-0.05, 0) is 11.1 Å². The van der Waals surface area contributed by atoms with Gasteiger partial charge in [0.25, 0.3) is 0 Å². The molecule has 2 nitrogen and oxygen atoms in total. The zero-order valence-corrected chi connectivity index (χ0v) is 14.0. The maximum absolute atomic E-state index is 4.51. The monoisotopic (exact) mass is 421 g/mol. The number of hydrogen-bond acceptors (Lipinski definition) is 2. The Bertz CT molecular complexity index is 543. The Balaban J connectivity index is 0.00000133. The molecule has 0 spiro atoms. The van der Waals surface area contributed by atoms with Crippen molar-refractivity contribution in [2.24, 2.45) is 5.10 Å². The summed E-state index contributed by atoms with van der Waals surface area (Å²) in [5, 5.41) is 4.51. The minimum absolute atomic E-state index is 0. The molecule has 0 atom stereocenters. The minimum Gasteiger partial charge on any atom is -0.307 e. The van der Waals surface area contributed by atoms with Crippen LogP contribution in [0.1, 0.15) is 31.7 Å². The molecule has 1 aliphatic heterocycles. The van der Waals surface area contributed by atoms with E-state index in [1.54, 1.807) is 0 Å². The van der Waals surface area contributed by atoms with Crippen molar-refractivity contribution in [1.29, 1.82) is 0 Å². The van der Waals surface area contributed by atoms with Crippen molar-refractivity contribution in [2.75, 3.05) is 0 Å². The molecule has 2 aliphatic rings. The van der Waals surface area contributed by atoms with Gasteiger partial charge in [-0.2, -0.15) is 18.4 Å². The predicted molar refractivity (Wildman–Crippen MR) is 75.0 cm³/mol. The van der Waals surface area contributed by atoms with E-state index in [-0.39, 0.29) is 21.1 Å². The number of rotatable bonds is 1. The first-order valence-electron chi connectivity index (χ1n) is 6.33. The largest absolute Gasteiger partial charge is 0.307 e. The van der Waals surface area contributed by atoms with Gasteiger partial charge < -0.3 is 5.92 Å². The summed E-state index contributed by atoms with van der Waals surface area (Å²) in [7, 11) is 0. The Morgan fingerprint density at radius 3 is 2.68 bits per heavy atom. The quantitative estimate of drug-likeness (QED) is 0.690. The minimum atomic E-state index is 0. The van der Waals surface area contributed by atoms with Crippen LogP contribution in [0.4, 0.5) is 0 Å². The molecule has 0 unspecified atom stereocenters. The van der Waals surface area contributed by atoms with E-state index < -0.39 is 0 Å². The Hall–Kier alpha value is -1.14. The van der Waals surface area contributed by atoms with Gasteiger partial charge in [0.05, 0.1) is 5.71 Å². The van der Waals surface area contributed by atoms with Crippen LogP contribution in [-0.2, 0) is 21.1 Å². The van der Waals surface area contributed by atoms with E-state index in [9.17, 15) is 0 Å². The molecule has 1 aliphatic carbocycles. The summed E-state index contributed by atoms with van der Waals surface area (Å²) in [6, 6.07) is 10.3. The van der Waals surface area contributed by atoms with Crippen LogP contribution in [0.15, 0.2) is 58.9 Å². The van der Waals surface area contributed by atoms with Crippen LogP contribution in [-0.4, -0.2) is 5.71 Å². The van der Waals surface area contributed by atoms with E-state index in [0.717, 1.165) is 25.0 Å². The third-order valence-corrected chi connectivity index (χ3v) is 3.56. The van der Waals surface area contributed by atoms with Gasteiger partial charge in [-0.15, -0.1) is 6.42 Å². The number of hydrogen-bond donors (Lipinski definition) is 1. The molecule has 3 rings (SSSR count). The van der Waals surface area contributed by atoms with Gasteiger partial charge in [0.15, 0.2) is 0 Å². The Morgan fingerprint density at radius 2 is 1.95 bits per heavy atom. The van der Waals surface area contributed by atoms with Crippen molar-refractivity contribution in [3.05, 3.63) is 65.2 Å². The number of nitrogens with one attached hydrogen (secondary N) is 1. The van der Waals surface area contributed by atoms with E-state index >= 15 is 0 Å². The fourth-order valence-electron chi connectivity index (χ4n) is 2.63. The summed E-state index contributed by atoms with van der Waals surface area (Å²) in [5.41, 5.74) is 9.35. The molecular formula is C16H17N2W-. The fourth-order valence-corrected chi connectivity index (χ4v) is 2.63. The summed E-state index contributed by atoms with van der Waals surface area (Å²) in [6.45, 7) is 6.39. The van der Waals surface area contributed by atoms with E-state index in [0.29, 0.717) is 0 Å². The van der Waals surface area contributed by atoms with Crippen molar-refractivity contribution in [3.63, 3.8) is 0 Å². The Morgan fingerprint density at radius 1 is 1.21 bits per heavy atom. The zero-order chi connectivity index (χ0) is 12.5. The van der Waals surface area contributed by atoms with E-state index in [4.69, 9.17) is 0 Å². The predicted octanol–water partition coefficient (Wildman–Crippen LogP) is 3.58. The number of allylic oxidation sites excluding steroid dienone is 3. The second-order valence-electron chi connectivity index (χ2n) is 5.08. The summed E-state index contributed by atoms with van der Waals surface area (Å²) in [4.78, 5) is 0. The van der Waals surface area contributed by atoms with Crippen LogP contribution in [0.5, 0.6) is 0 Å². The Labute approximate surface area is 128 Å². The van der Waals surface area contributed by atoms with Crippen LogP contribution < -0.4 is 5.43 Å². The third kappa shape index (κ3) is 2.89. The van der Waals surface area contributed by atoms with Crippen LogP contribution in [0.3, 0.4) is 0 Å². The first kappa shape index (κ1) is 14.3. The first-order chi connectivity index (χ1) is 8.74. The van der Waals surface area contributed by atoms with Gasteiger partial charge >= 0.3 is 0 Å². The van der Waals surface area contributed by atoms with Crippen molar-refractivity contribution in [1.82, 2.24) is 5.43 Å².